The third kappa shape index (κ3) is 3.82. The number of hydrogen-bond acceptors (Lipinski definition) is 4. The van der Waals surface area contributed by atoms with Crippen LogP contribution in [0.15, 0.2) is 48.5 Å². The number of hydrogen-bond donors (Lipinski definition) is 1. The number of aromatic hydroxyl groups is 1. The van der Waals surface area contributed by atoms with E-state index in [2.05, 4.69) is 19.9 Å². The summed E-state index contributed by atoms with van der Waals surface area (Å²) in [5, 5.41) is 10.2. The largest absolute Gasteiger partial charge is 0.508 e. The predicted molar refractivity (Wildman–Crippen MR) is 140 cm³/mol. The van der Waals surface area contributed by atoms with Crippen LogP contribution in [0.4, 0.5) is 0 Å². The maximum Gasteiger partial charge on any atom is 0.316 e. The number of amides is 1. The molecule has 0 unspecified atom stereocenters. The minimum atomic E-state index is -0.697. The highest BCUT2D eigenvalue weighted by atomic mass is 16.5. The highest BCUT2D eigenvalue weighted by Crippen LogP contribution is 2.58. The van der Waals surface area contributed by atoms with Crippen LogP contribution in [0.2, 0.25) is 0 Å². The standard InChI is InChI=1S/C31H39NO4/c1-4-36-28(35)31(23-9-6-5-7-10-23)17-19-32(20-18-31)27(34)30(3)16-8-15-29(2)25-21-24(33)13-11-22(25)12-14-26(29)30/h5-7,9-11,13,21,26,33H,4,8,12,14-20H2,1-3H3/t26-,29-,30+/m1/s1. The lowest BCUT2D eigenvalue weighted by atomic mass is 9.49. The highest BCUT2D eigenvalue weighted by molar-refractivity contribution is 5.86. The fraction of sp³-hybridized carbons (Fsp3) is 0.548. The van der Waals surface area contributed by atoms with Gasteiger partial charge in [-0.05, 0) is 85.6 Å². The molecular formula is C31H39NO4. The zero-order chi connectivity index (χ0) is 25.6. The van der Waals surface area contributed by atoms with E-state index in [1.165, 1.54) is 11.1 Å². The monoisotopic (exact) mass is 489 g/mol. The number of carbonyl (C=O) groups is 2. The lowest BCUT2D eigenvalue weighted by molar-refractivity contribution is -0.159. The van der Waals surface area contributed by atoms with E-state index < -0.39 is 10.8 Å². The van der Waals surface area contributed by atoms with Crippen LogP contribution in [0.3, 0.4) is 0 Å². The number of benzene rings is 2. The van der Waals surface area contributed by atoms with Gasteiger partial charge < -0.3 is 14.7 Å². The molecule has 0 spiro atoms. The summed E-state index contributed by atoms with van der Waals surface area (Å²) >= 11 is 0. The van der Waals surface area contributed by atoms with Crippen molar-refractivity contribution in [2.45, 2.75) is 76.5 Å². The van der Waals surface area contributed by atoms with Gasteiger partial charge in [0, 0.05) is 13.1 Å². The van der Waals surface area contributed by atoms with Gasteiger partial charge in [0.05, 0.1) is 17.4 Å². The second-order valence-electron chi connectivity index (χ2n) is 11.6. The quantitative estimate of drug-likeness (QED) is 0.574. The first-order valence-electron chi connectivity index (χ1n) is 13.6. The lowest BCUT2D eigenvalue weighted by Crippen LogP contribution is -2.58. The molecule has 5 heteroatoms. The molecule has 2 fully saturated rings. The van der Waals surface area contributed by atoms with Crippen molar-refractivity contribution >= 4 is 11.9 Å². The van der Waals surface area contributed by atoms with Crippen LogP contribution in [0.1, 0.15) is 76.0 Å². The molecule has 1 N–H and O–H groups in total. The third-order valence-corrected chi connectivity index (χ3v) is 9.73. The normalized spacial score (nSPS) is 29.1. The molecule has 5 rings (SSSR count). The molecule has 1 saturated carbocycles. The second-order valence-corrected chi connectivity index (χ2v) is 11.6. The van der Waals surface area contributed by atoms with Crippen LogP contribution < -0.4 is 0 Å². The molecule has 2 aromatic carbocycles. The van der Waals surface area contributed by atoms with Gasteiger partial charge in [-0.25, -0.2) is 0 Å². The summed E-state index contributed by atoms with van der Waals surface area (Å²) in [7, 11) is 0. The molecule has 192 valence electrons. The molecule has 5 nitrogen and oxygen atoms in total. The number of fused-ring (bicyclic) bond motifs is 3. The van der Waals surface area contributed by atoms with E-state index in [1.54, 1.807) is 6.07 Å². The first kappa shape index (κ1) is 24.9. The van der Waals surface area contributed by atoms with Gasteiger partial charge in [-0.1, -0.05) is 56.7 Å². The van der Waals surface area contributed by atoms with Crippen molar-refractivity contribution in [3.8, 4) is 5.75 Å². The van der Waals surface area contributed by atoms with E-state index in [-0.39, 0.29) is 23.2 Å². The molecule has 3 aliphatic rings. The minimum absolute atomic E-state index is 0.122. The SMILES string of the molecule is CCOC(=O)C1(c2ccccc2)CCN(C(=O)[C@@]2(C)CCC[C@]3(C)c4cc(O)ccc4CC[C@@H]23)CC1. The Morgan fingerprint density at radius 3 is 2.44 bits per heavy atom. The van der Waals surface area contributed by atoms with Crippen LogP contribution in [-0.2, 0) is 31.6 Å². The second kappa shape index (κ2) is 9.24. The number of phenolic OH excluding ortho intramolecular Hbond substituents is 1. The summed E-state index contributed by atoms with van der Waals surface area (Å²) < 4.78 is 5.54. The Morgan fingerprint density at radius 2 is 1.75 bits per heavy atom. The van der Waals surface area contributed by atoms with Crippen LogP contribution in [-0.4, -0.2) is 41.6 Å². The van der Waals surface area contributed by atoms with Gasteiger partial charge in [-0.3, -0.25) is 9.59 Å². The van der Waals surface area contributed by atoms with Gasteiger partial charge >= 0.3 is 5.97 Å². The van der Waals surface area contributed by atoms with Gasteiger partial charge in [-0.15, -0.1) is 0 Å². The summed E-state index contributed by atoms with van der Waals surface area (Å²) in [4.78, 5) is 29.5. The van der Waals surface area contributed by atoms with E-state index in [0.29, 0.717) is 38.3 Å². The topological polar surface area (TPSA) is 66.8 Å². The smallest absolute Gasteiger partial charge is 0.316 e. The number of phenols is 1. The summed E-state index contributed by atoms with van der Waals surface area (Å²) in [6.07, 6.45) is 6.01. The zero-order valence-electron chi connectivity index (χ0n) is 21.9. The summed E-state index contributed by atoms with van der Waals surface area (Å²) in [6, 6.07) is 15.7. The Bertz CT molecular complexity index is 1140. The van der Waals surface area contributed by atoms with Crippen LogP contribution in [0.25, 0.3) is 0 Å². The minimum Gasteiger partial charge on any atom is -0.508 e. The molecule has 2 aliphatic carbocycles. The zero-order valence-corrected chi connectivity index (χ0v) is 21.9. The summed E-state index contributed by atoms with van der Waals surface area (Å²) in [5.41, 5.74) is 2.24. The average molecular weight is 490 g/mol. The molecule has 0 aromatic heterocycles. The number of carbonyl (C=O) groups excluding carboxylic acids is 2. The molecular weight excluding hydrogens is 450 g/mol. The van der Waals surface area contributed by atoms with Crippen LogP contribution in [0.5, 0.6) is 5.75 Å². The number of nitrogens with zero attached hydrogens (tertiary/aromatic N) is 1. The van der Waals surface area contributed by atoms with Gasteiger partial charge in [0.1, 0.15) is 5.75 Å². The van der Waals surface area contributed by atoms with Gasteiger partial charge in [0.15, 0.2) is 0 Å². The molecule has 1 heterocycles. The van der Waals surface area contributed by atoms with Gasteiger partial charge in [0.25, 0.3) is 0 Å². The van der Waals surface area contributed by atoms with Crippen molar-refractivity contribution in [2.24, 2.45) is 11.3 Å². The maximum absolute atomic E-state index is 14.3. The molecule has 3 atom stereocenters. The van der Waals surface area contributed by atoms with Crippen LogP contribution >= 0.6 is 0 Å². The van der Waals surface area contributed by atoms with E-state index >= 15 is 0 Å². The highest BCUT2D eigenvalue weighted by Gasteiger charge is 2.56. The van der Waals surface area contributed by atoms with Gasteiger partial charge in [0.2, 0.25) is 5.91 Å². The van der Waals surface area contributed by atoms with E-state index in [4.69, 9.17) is 4.74 Å². The number of likely N-dealkylation sites (tertiary alicyclic amines) is 1. The Morgan fingerprint density at radius 1 is 1.03 bits per heavy atom. The Kier molecular flexibility index (Phi) is 6.38. The van der Waals surface area contributed by atoms with Crippen LogP contribution in [0, 0.1) is 11.3 Å². The van der Waals surface area contributed by atoms with Crippen molar-refractivity contribution < 1.29 is 19.4 Å². The summed E-state index contributed by atoms with van der Waals surface area (Å²) in [6.45, 7) is 7.79. The summed E-state index contributed by atoms with van der Waals surface area (Å²) in [5.74, 6) is 0.587. The molecule has 1 aliphatic heterocycles. The van der Waals surface area contributed by atoms with Crippen molar-refractivity contribution in [1.29, 1.82) is 0 Å². The van der Waals surface area contributed by atoms with Crippen molar-refractivity contribution in [2.75, 3.05) is 19.7 Å². The Balaban J connectivity index is 1.40. The number of rotatable bonds is 4. The van der Waals surface area contributed by atoms with E-state index in [9.17, 15) is 14.7 Å². The fourth-order valence-corrected chi connectivity index (χ4v) is 7.79. The molecule has 0 bridgehead atoms. The molecule has 1 amide bonds. The van der Waals surface area contributed by atoms with Crippen molar-refractivity contribution in [1.82, 2.24) is 4.90 Å². The molecule has 1 saturated heterocycles. The van der Waals surface area contributed by atoms with E-state index in [0.717, 1.165) is 37.7 Å². The number of esters is 1. The fourth-order valence-electron chi connectivity index (χ4n) is 7.79. The number of aryl methyl sites for hydroxylation is 1. The Hall–Kier alpha value is -2.82. The molecule has 0 radical (unpaired) electrons. The third-order valence-electron chi connectivity index (χ3n) is 9.73. The number of ether oxygens (including phenoxy) is 1. The Labute approximate surface area is 214 Å². The lowest BCUT2D eigenvalue weighted by Gasteiger charge is -2.56. The van der Waals surface area contributed by atoms with Crippen molar-refractivity contribution in [3.63, 3.8) is 0 Å². The maximum atomic E-state index is 14.3. The number of piperidine rings is 1. The van der Waals surface area contributed by atoms with Gasteiger partial charge in [-0.2, -0.15) is 0 Å². The van der Waals surface area contributed by atoms with Crippen molar-refractivity contribution in [3.05, 3.63) is 65.2 Å². The van der Waals surface area contributed by atoms with E-state index in [1.807, 2.05) is 48.2 Å². The average Bonchev–Trinajstić information content (AvgIpc) is 2.89. The predicted octanol–water partition coefficient (Wildman–Crippen LogP) is 5.53. The molecule has 36 heavy (non-hydrogen) atoms. The first-order chi connectivity index (χ1) is 17.2. The first-order valence-corrected chi connectivity index (χ1v) is 13.6. The molecule has 2 aromatic rings.